The van der Waals surface area contributed by atoms with Crippen LogP contribution >= 0.6 is 23.2 Å². The molecule has 1 atom stereocenters. The van der Waals surface area contributed by atoms with E-state index in [0.717, 1.165) is 23.6 Å². The number of aryl methyl sites for hydroxylation is 1. The first-order valence-electron chi connectivity index (χ1n) is 6.93. The van der Waals surface area contributed by atoms with Crippen molar-refractivity contribution in [2.45, 2.75) is 26.3 Å². The molecule has 0 radical (unpaired) electrons. The molecule has 1 unspecified atom stereocenters. The second kappa shape index (κ2) is 7.12. The van der Waals surface area contributed by atoms with Gasteiger partial charge in [-0.1, -0.05) is 61.3 Å². The summed E-state index contributed by atoms with van der Waals surface area (Å²) >= 11 is 12.5. The fraction of sp³-hybridized carbons (Fsp3) is 0.294. The normalized spacial score (nSPS) is 12.4. The zero-order chi connectivity index (χ0) is 14.5. The van der Waals surface area contributed by atoms with E-state index in [-0.39, 0.29) is 6.04 Å². The first kappa shape index (κ1) is 15.4. The van der Waals surface area contributed by atoms with Crippen molar-refractivity contribution >= 4 is 23.2 Å². The third kappa shape index (κ3) is 3.35. The van der Waals surface area contributed by atoms with Crippen LogP contribution in [0.4, 0.5) is 0 Å². The molecule has 1 nitrogen and oxygen atoms in total. The van der Waals surface area contributed by atoms with Crippen LogP contribution in [0, 0.1) is 0 Å². The average Bonchev–Trinajstić information content (AvgIpc) is 2.47. The van der Waals surface area contributed by atoms with Crippen molar-refractivity contribution in [3.63, 3.8) is 0 Å². The molecule has 20 heavy (non-hydrogen) atoms. The van der Waals surface area contributed by atoms with Gasteiger partial charge in [0.05, 0.1) is 6.04 Å². The molecule has 1 N–H and O–H groups in total. The number of rotatable bonds is 5. The van der Waals surface area contributed by atoms with Gasteiger partial charge in [-0.15, -0.1) is 0 Å². The van der Waals surface area contributed by atoms with Crippen LogP contribution in [0.15, 0.2) is 42.5 Å². The van der Waals surface area contributed by atoms with E-state index in [1.54, 1.807) is 0 Å². The smallest absolute Gasteiger partial charge is 0.0594 e. The lowest BCUT2D eigenvalue weighted by Gasteiger charge is -2.23. The van der Waals surface area contributed by atoms with E-state index in [0.29, 0.717) is 5.02 Å². The van der Waals surface area contributed by atoms with E-state index in [1.807, 2.05) is 18.2 Å². The predicted molar refractivity (Wildman–Crippen MR) is 87.8 cm³/mol. The van der Waals surface area contributed by atoms with Crippen LogP contribution in [0.5, 0.6) is 0 Å². The van der Waals surface area contributed by atoms with Crippen LogP contribution in [0.1, 0.15) is 36.6 Å². The van der Waals surface area contributed by atoms with Crippen molar-refractivity contribution < 1.29 is 0 Å². The Labute approximate surface area is 130 Å². The predicted octanol–water partition coefficient (Wildman–Crippen LogP) is 5.25. The Balaban J connectivity index is 2.53. The minimum absolute atomic E-state index is 0.0716. The Morgan fingerprint density at radius 3 is 2.45 bits per heavy atom. The Morgan fingerprint density at radius 2 is 1.75 bits per heavy atom. The van der Waals surface area contributed by atoms with Gasteiger partial charge in [-0.25, -0.2) is 0 Å². The minimum Gasteiger partial charge on any atom is -0.306 e. The van der Waals surface area contributed by atoms with Crippen molar-refractivity contribution in [3.8, 4) is 0 Å². The summed E-state index contributed by atoms with van der Waals surface area (Å²) in [4.78, 5) is 0. The summed E-state index contributed by atoms with van der Waals surface area (Å²) in [5.41, 5.74) is 3.62. The molecule has 0 aliphatic heterocycles. The molecule has 2 aromatic carbocycles. The zero-order valence-electron chi connectivity index (χ0n) is 11.8. The van der Waals surface area contributed by atoms with E-state index >= 15 is 0 Å². The molecule has 0 saturated heterocycles. The largest absolute Gasteiger partial charge is 0.306 e. The number of nitrogens with one attached hydrogen (secondary N) is 1. The van der Waals surface area contributed by atoms with E-state index in [9.17, 15) is 0 Å². The summed E-state index contributed by atoms with van der Waals surface area (Å²) in [7, 11) is 0. The first-order valence-corrected chi connectivity index (χ1v) is 7.69. The summed E-state index contributed by atoms with van der Waals surface area (Å²) in [6.45, 7) is 5.13. The highest BCUT2D eigenvalue weighted by atomic mass is 35.5. The van der Waals surface area contributed by atoms with Crippen LogP contribution in [-0.4, -0.2) is 6.54 Å². The lowest BCUT2D eigenvalue weighted by Crippen LogP contribution is -2.23. The average molecular weight is 308 g/mol. The molecular formula is C17H19Cl2N. The Morgan fingerprint density at radius 1 is 1.00 bits per heavy atom. The molecule has 0 bridgehead atoms. The van der Waals surface area contributed by atoms with Crippen LogP contribution in [0.25, 0.3) is 0 Å². The molecule has 106 valence electrons. The second-order valence-electron chi connectivity index (χ2n) is 4.71. The molecule has 0 saturated carbocycles. The lowest BCUT2D eigenvalue weighted by molar-refractivity contribution is 0.626. The van der Waals surface area contributed by atoms with Crippen molar-refractivity contribution in [1.82, 2.24) is 5.32 Å². The highest BCUT2D eigenvalue weighted by molar-refractivity contribution is 6.33. The van der Waals surface area contributed by atoms with E-state index in [4.69, 9.17) is 23.2 Å². The van der Waals surface area contributed by atoms with Gasteiger partial charge in [0.1, 0.15) is 0 Å². The van der Waals surface area contributed by atoms with Crippen molar-refractivity contribution in [3.05, 3.63) is 69.2 Å². The van der Waals surface area contributed by atoms with Gasteiger partial charge in [-0.05, 0) is 47.9 Å². The van der Waals surface area contributed by atoms with Crippen LogP contribution < -0.4 is 5.32 Å². The maximum absolute atomic E-state index is 6.37. The van der Waals surface area contributed by atoms with Gasteiger partial charge in [0.15, 0.2) is 0 Å². The lowest BCUT2D eigenvalue weighted by atomic mass is 9.93. The molecule has 0 amide bonds. The Hall–Kier alpha value is -1.02. The summed E-state index contributed by atoms with van der Waals surface area (Å²) in [6, 6.07) is 14.2. The number of hydrogen-bond acceptors (Lipinski definition) is 1. The molecule has 0 spiro atoms. The zero-order valence-corrected chi connectivity index (χ0v) is 13.3. The minimum atomic E-state index is 0.0716. The van der Waals surface area contributed by atoms with E-state index in [1.165, 1.54) is 11.1 Å². The first-order chi connectivity index (χ1) is 9.67. The summed E-state index contributed by atoms with van der Waals surface area (Å²) in [6.07, 6.45) is 0.996. The van der Waals surface area contributed by atoms with Crippen molar-refractivity contribution in [2.75, 3.05) is 6.54 Å². The molecule has 2 aromatic rings. The number of hydrogen-bond donors (Lipinski definition) is 1. The van der Waals surface area contributed by atoms with Crippen molar-refractivity contribution in [1.29, 1.82) is 0 Å². The Kier molecular flexibility index (Phi) is 5.47. The number of benzene rings is 2. The summed E-state index contributed by atoms with van der Waals surface area (Å²) in [5.74, 6) is 0. The molecule has 3 heteroatoms. The summed E-state index contributed by atoms with van der Waals surface area (Å²) < 4.78 is 0. The van der Waals surface area contributed by atoms with Gasteiger partial charge in [0.25, 0.3) is 0 Å². The van der Waals surface area contributed by atoms with Crippen LogP contribution in [-0.2, 0) is 6.42 Å². The topological polar surface area (TPSA) is 12.0 Å². The summed E-state index contributed by atoms with van der Waals surface area (Å²) in [5, 5.41) is 4.97. The molecule has 0 fully saturated rings. The Bertz CT molecular complexity index is 581. The standard InChI is InChI=1S/C17H19Cl2N/c1-3-12-7-5-6-8-14(12)17(20-4-2)15-11-13(18)9-10-16(15)19/h5-11,17,20H,3-4H2,1-2H3. The van der Waals surface area contributed by atoms with Gasteiger partial charge in [-0.2, -0.15) is 0 Å². The highest BCUT2D eigenvalue weighted by Crippen LogP contribution is 2.32. The third-order valence-electron chi connectivity index (χ3n) is 3.42. The molecular weight excluding hydrogens is 289 g/mol. The van der Waals surface area contributed by atoms with Gasteiger partial charge < -0.3 is 5.32 Å². The second-order valence-corrected chi connectivity index (χ2v) is 5.55. The SMILES string of the molecule is CCNC(c1cc(Cl)ccc1Cl)c1ccccc1CC. The monoisotopic (exact) mass is 307 g/mol. The highest BCUT2D eigenvalue weighted by Gasteiger charge is 2.18. The van der Waals surface area contributed by atoms with E-state index in [2.05, 4.69) is 43.4 Å². The quantitative estimate of drug-likeness (QED) is 0.795. The van der Waals surface area contributed by atoms with Gasteiger partial charge >= 0.3 is 0 Å². The molecule has 2 rings (SSSR count). The molecule has 0 aliphatic carbocycles. The maximum Gasteiger partial charge on any atom is 0.0594 e. The molecule has 0 aromatic heterocycles. The van der Waals surface area contributed by atoms with Crippen LogP contribution in [0.2, 0.25) is 10.0 Å². The van der Waals surface area contributed by atoms with Crippen molar-refractivity contribution in [2.24, 2.45) is 0 Å². The molecule has 0 aliphatic rings. The maximum atomic E-state index is 6.37. The van der Waals surface area contributed by atoms with Gasteiger partial charge in [-0.3, -0.25) is 0 Å². The third-order valence-corrected chi connectivity index (χ3v) is 4.00. The molecule has 0 heterocycles. The van der Waals surface area contributed by atoms with Gasteiger partial charge in [0.2, 0.25) is 0 Å². The van der Waals surface area contributed by atoms with E-state index < -0.39 is 0 Å². The fourth-order valence-corrected chi connectivity index (χ4v) is 2.87. The van der Waals surface area contributed by atoms with Gasteiger partial charge in [0, 0.05) is 10.0 Å². The number of halogens is 2. The van der Waals surface area contributed by atoms with Crippen LogP contribution in [0.3, 0.4) is 0 Å². The fourth-order valence-electron chi connectivity index (χ4n) is 2.47.